The first-order valence-corrected chi connectivity index (χ1v) is 10.4. The monoisotopic (exact) mass is 473 g/mol. The minimum Gasteiger partial charge on any atom is -0.466 e. The Kier molecular flexibility index (Phi) is 10.9. The summed E-state index contributed by atoms with van der Waals surface area (Å²) in [5, 5.41) is 10.6. The van der Waals surface area contributed by atoms with E-state index >= 15 is 0 Å². The lowest BCUT2D eigenvalue weighted by Crippen LogP contribution is -2.54. The van der Waals surface area contributed by atoms with E-state index in [4.69, 9.17) is 15.9 Å². The molecule has 174 valence electrons. The molecule has 2 aliphatic rings. The van der Waals surface area contributed by atoms with Gasteiger partial charge in [0, 0.05) is 43.5 Å². The Hall–Kier alpha value is -2.19. The predicted molar refractivity (Wildman–Crippen MR) is 127 cm³/mol. The molecule has 4 N–H and O–H groups in total. The van der Waals surface area contributed by atoms with Gasteiger partial charge in [-0.1, -0.05) is 0 Å². The third-order valence-electron chi connectivity index (χ3n) is 5.79. The Labute approximate surface area is 196 Å². The van der Waals surface area contributed by atoms with Gasteiger partial charge in [-0.05, 0) is 56.9 Å². The number of amidine groups is 1. The van der Waals surface area contributed by atoms with Gasteiger partial charge in [0.05, 0.1) is 12.5 Å². The van der Waals surface area contributed by atoms with Crippen LogP contribution in [-0.4, -0.2) is 61.6 Å². The first-order chi connectivity index (χ1) is 14.0. The summed E-state index contributed by atoms with van der Waals surface area (Å²) in [4.78, 5) is 28.5. The number of anilines is 1. The van der Waals surface area contributed by atoms with E-state index in [0.717, 1.165) is 44.5 Å². The molecule has 1 saturated carbocycles. The van der Waals surface area contributed by atoms with E-state index in [2.05, 4.69) is 10.2 Å². The number of nitrogens with zero attached hydrogens (tertiary/aromatic N) is 2. The highest BCUT2D eigenvalue weighted by molar-refractivity contribution is 5.95. The maximum atomic E-state index is 12.6. The number of esters is 1. The lowest BCUT2D eigenvalue weighted by molar-refractivity contribution is -0.149. The van der Waals surface area contributed by atoms with Gasteiger partial charge in [-0.25, -0.2) is 4.79 Å². The van der Waals surface area contributed by atoms with Gasteiger partial charge in [-0.15, -0.1) is 24.8 Å². The lowest BCUT2D eigenvalue weighted by atomic mass is 9.86. The fourth-order valence-corrected chi connectivity index (χ4v) is 4.02. The van der Waals surface area contributed by atoms with Crippen LogP contribution in [0.4, 0.5) is 10.5 Å². The summed E-state index contributed by atoms with van der Waals surface area (Å²) < 4.78 is 5.10. The van der Waals surface area contributed by atoms with E-state index < -0.39 is 0 Å². The van der Waals surface area contributed by atoms with E-state index in [-0.39, 0.29) is 54.6 Å². The number of halogens is 2. The molecule has 1 aliphatic carbocycles. The first kappa shape index (κ1) is 26.8. The van der Waals surface area contributed by atoms with Crippen LogP contribution in [0.5, 0.6) is 0 Å². The zero-order valence-corrected chi connectivity index (χ0v) is 19.5. The number of carbonyl (C=O) groups excluding carboxylic acids is 2. The number of nitrogen functional groups attached to an aromatic ring is 1. The molecule has 10 heteroatoms. The number of carbonyl (C=O) groups is 2. The molecule has 1 saturated heterocycles. The number of nitrogens with one attached hydrogen (secondary N) is 2. The second-order valence-electron chi connectivity index (χ2n) is 7.68. The second-order valence-corrected chi connectivity index (χ2v) is 7.68. The Morgan fingerprint density at radius 1 is 1.06 bits per heavy atom. The molecule has 0 aromatic heterocycles. The number of amides is 2. The minimum absolute atomic E-state index is 0. The average Bonchev–Trinajstić information content (AvgIpc) is 2.74. The normalized spacial score (nSPS) is 20.7. The molecule has 31 heavy (non-hydrogen) atoms. The smallest absolute Gasteiger partial charge is 0.317 e. The summed E-state index contributed by atoms with van der Waals surface area (Å²) in [6.07, 6.45) is 3.18. The fraction of sp³-hybridized carbons (Fsp3) is 0.571. The van der Waals surface area contributed by atoms with Crippen LogP contribution in [0.1, 0.15) is 38.2 Å². The van der Waals surface area contributed by atoms with Crippen LogP contribution in [0, 0.1) is 11.3 Å². The number of urea groups is 1. The summed E-state index contributed by atoms with van der Waals surface area (Å²) in [7, 11) is 0. The zero-order valence-electron chi connectivity index (χ0n) is 17.8. The topological polar surface area (TPSA) is 112 Å². The van der Waals surface area contributed by atoms with Gasteiger partial charge in [-0.2, -0.15) is 0 Å². The van der Waals surface area contributed by atoms with Crippen molar-refractivity contribution in [2.45, 2.75) is 38.6 Å². The Bertz CT molecular complexity index is 731. The Balaban J connectivity index is 0.00000240. The van der Waals surface area contributed by atoms with Gasteiger partial charge in [-0.3, -0.25) is 10.2 Å². The Morgan fingerprint density at radius 2 is 1.65 bits per heavy atom. The third-order valence-corrected chi connectivity index (χ3v) is 5.79. The SMILES string of the molecule is CCOC(=O)[C@H]1CC[C@H](NC(=O)N2CCN(c3ccc(C(=N)N)cc3)CC2)CC1.Cl.Cl. The van der Waals surface area contributed by atoms with Crippen LogP contribution in [0.25, 0.3) is 0 Å². The van der Waals surface area contributed by atoms with Crippen molar-refractivity contribution >= 4 is 48.3 Å². The highest BCUT2D eigenvalue weighted by Crippen LogP contribution is 2.25. The van der Waals surface area contributed by atoms with Crippen molar-refractivity contribution in [3.05, 3.63) is 29.8 Å². The maximum absolute atomic E-state index is 12.6. The van der Waals surface area contributed by atoms with Crippen molar-refractivity contribution in [3.8, 4) is 0 Å². The van der Waals surface area contributed by atoms with Crippen LogP contribution in [0.3, 0.4) is 0 Å². The lowest BCUT2D eigenvalue weighted by Gasteiger charge is -2.37. The molecule has 1 heterocycles. The molecular formula is C21H33Cl2N5O3. The standard InChI is InChI=1S/C21H31N5O3.2ClH/c1-2-29-20(27)16-3-7-17(8-4-16)24-21(28)26-13-11-25(12-14-26)18-9-5-15(6-10-18)19(22)23;;/h5-6,9-10,16-17H,2-4,7-8,11-14H2,1H3,(H3,22,23)(H,24,28);2*1H/t16-,17-;;. The maximum Gasteiger partial charge on any atom is 0.317 e. The van der Waals surface area contributed by atoms with E-state index in [0.29, 0.717) is 25.3 Å². The summed E-state index contributed by atoms with van der Waals surface area (Å²) >= 11 is 0. The number of nitrogens with two attached hydrogens (primary N) is 1. The van der Waals surface area contributed by atoms with Crippen molar-refractivity contribution in [3.63, 3.8) is 0 Å². The number of ether oxygens (including phenoxy) is 1. The molecule has 0 radical (unpaired) electrons. The van der Waals surface area contributed by atoms with Gasteiger partial charge in [0.1, 0.15) is 5.84 Å². The molecule has 3 rings (SSSR count). The second kappa shape index (κ2) is 12.6. The van der Waals surface area contributed by atoms with Crippen LogP contribution in [0.15, 0.2) is 24.3 Å². The van der Waals surface area contributed by atoms with Crippen molar-refractivity contribution < 1.29 is 14.3 Å². The fourth-order valence-electron chi connectivity index (χ4n) is 4.02. The molecular weight excluding hydrogens is 441 g/mol. The predicted octanol–water partition coefficient (Wildman–Crippen LogP) is 2.77. The Morgan fingerprint density at radius 3 is 2.16 bits per heavy atom. The molecule has 0 bridgehead atoms. The van der Waals surface area contributed by atoms with Gasteiger partial charge in [0.25, 0.3) is 0 Å². The van der Waals surface area contributed by atoms with E-state index in [9.17, 15) is 9.59 Å². The van der Waals surface area contributed by atoms with Crippen LogP contribution < -0.4 is 16.0 Å². The molecule has 0 spiro atoms. The molecule has 2 fully saturated rings. The molecule has 2 amide bonds. The molecule has 1 aromatic rings. The van der Waals surface area contributed by atoms with Crippen molar-refractivity contribution in [2.75, 3.05) is 37.7 Å². The number of benzene rings is 1. The van der Waals surface area contributed by atoms with Gasteiger partial charge in [0.15, 0.2) is 0 Å². The van der Waals surface area contributed by atoms with Crippen molar-refractivity contribution in [1.82, 2.24) is 10.2 Å². The van der Waals surface area contributed by atoms with Crippen molar-refractivity contribution in [2.24, 2.45) is 11.7 Å². The average molecular weight is 474 g/mol. The molecule has 8 nitrogen and oxygen atoms in total. The number of hydrogen-bond acceptors (Lipinski definition) is 5. The highest BCUT2D eigenvalue weighted by atomic mass is 35.5. The summed E-state index contributed by atoms with van der Waals surface area (Å²) in [6, 6.07) is 7.75. The van der Waals surface area contributed by atoms with Gasteiger partial charge < -0.3 is 25.6 Å². The molecule has 1 aromatic carbocycles. The zero-order chi connectivity index (χ0) is 20.8. The van der Waals surface area contributed by atoms with E-state index in [1.165, 1.54) is 0 Å². The quantitative estimate of drug-likeness (QED) is 0.345. The van der Waals surface area contributed by atoms with Crippen LogP contribution >= 0.6 is 24.8 Å². The molecule has 1 aliphatic heterocycles. The van der Waals surface area contributed by atoms with Crippen LogP contribution in [-0.2, 0) is 9.53 Å². The largest absolute Gasteiger partial charge is 0.466 e. The van der Waals surface area contributed by atoms with Gasteiger partial charge in [0.2, 0.25) is 0 Å². The van der Waals surface area contributed by atoms with E-state index in [1.54, 1.807) is 0 Å². The summed E-state index contributed by atoms with van der Waals surface area (Å²) in [5.74, 6) is -0.0694. The van der Waals surface area contributed by atoms with E-state index in [1.807, 2.05) is 36.1 Å². The first-order valence-electron chi connectivity index (χ1n) is 10.4. The summed E-state index contributed by atoms with van der Waals surface area (Å²) in [6.45, 7) is 5.11. The van der Waals surface area contributed by atoms with Gasteiger partial charge >= 0.3 is 12.0 Å². The number of rotatable bonds is 5. The minimum atomic E-state index is -0.107. The number of piperazine rings is 1. The third kappa shape index (κ3) is 7.18. The summed E-state index contributed by atoms with van der Waals surface area (Å²) in [5.41, 5.74) is 7.29. The molecule has 0 unspecified atom stereocenters. The van der Waals surface area contributed by atoms with Crippen molar-refractivity contribution in [1.29, 1.82) is 5.41 Å². The number of hydrogen-bond donors (Lipinski definition) is 3. The molecule has 0 atom stereocenters. The highest BCUT2D eigenvalue weighted by Gasteiger charge is 2.29. The van der Waals surface area contributed by atoms with Crippen LogP contribution in [0.2, 0.25) is 0 Å².